The van der Waals surface area contributed by atoms with Crippen molar-refractivity contribution in [1.82, 2.24) is 4.31 Å². The summed E-state index contributed by atoms with van der Waals surface area (Å²) in [6, 6.07) is 18.0. The number of ether oxygens (including phenoxy) is 1. The Morgan fingerprint density at radius 3 is 2.15 bits per heavy atom. The van der Waals surface area contributed by atoms with Crippen molar-refractivity contribution >= 4 is 28.0 Å². The summed E-state index contributed by atoms with van der Waals surface area (Å²) in [7, 11) is -3.13. The first-order valence-corrected chi connectivity index (χ1v) is 10.9. The van der Waals surface area contributed by atoms with Gasteiger partial charge in [-0.05, 0) is 17.5 Å². The quantitative estimate of drug-likeness (QED) is 0.480. The first-order chi connectivity index (χ1) is 12.9. The maximum atomic E-state index is 12.1. The fourth-order valence-corrected chi connectivity index (χ4v) is 4.53. The van der Waals surface area contributed by atoms with Gasteiger partial charge in [-0.2, -0.15) is 12.7 Å². The second-order valence-electron chi connectivity index (χ2n) is 5.94. The van der Waals surface area contributed by atoms with Gasteiger partial charge in [-0.15, -0.1) is 11.8 Å². The molecule has 0 radical (unpaired) electrons. The summed E-state index contributed by atoms with van der Waals surface area (Å²) in [4.78, 5) is 11.4. The predicted molar refractivity (Wildman–Crippen MR) is 107 cm³/mol. The molecule has 0 unspecified atom stereocenters. The molecule has 0 saturated carbocycles. The Morgan fingerprint density at radius 1 is 1.07 bits per heavy atom. The Bertz CT molecular complexity index is 813. The van der Waals surface area contributed by atoms with Crippen molar-refractivity contribution in [2.75, 3.05) is 18.6 Å². The second-order valence-corrected chi connectivity index (χ2v) is 8.34. The van der Waals surface area contributed by atoms with Gasteiger partial charge in [0.1, 0.15) is 0 Å². The van der Waals surface area contributed by atoms with Crippen LogP contribution in [0.2, 0.25) is 0 Å². The largest absolute Gasteiger partial charge is 0.468 e. The monoisotopic (exact) mass is 409 g/mol. The van der Waals surface area contributed by atoms with E-state index < -0.39 is 16.3 Å². The van der Waals surface area contributed by atoms with E-state index in [2.05, 4.69) is 4.74 Å². The first-order valence-electron chi connectivity index (χ1n) is 8.37. The molecule has 2 rings (SSSR count). The number of hydrogen-bond donors (Lipinski definition) is 1. The number of nitrogens with zero attached hydrogens (tertiary/aromatic N) is 1. The highest BCUT2D eigenvalue weighted by atomic mass is 32.2. The minimum atomic E-state index is -4.43. The van der Waals surface area contributed by atoms with Gasteiger partial charge in [0.25, 0.3) is 0 Å². The zero-order valence-electron chi connectivity index (χ0n) is 15.0. The molecule has 0 aliphatic heterocycles. The smallest absolute Gasteiger partial charge is 0.336 e. The van der Waals surface area contributed by atoms with Gasteiger partial charge in [-0.25, -0.2) is 0 Å². The number of benzene rings is 2. The molecule has 2 aromatic rings. The van der Waals surface area contributed by atoms with E-state index in [0.29, 0.717) is 12.2 Å². The Balaban J connectivity index is 2.23. The van der Waals surface area contributed by atoms with Crippen LogP contribution in [-0.2, 0) is 32.8 Å². The molecule has 0 fully saturated rings. The summed E-state index contributed by atoms with van der Waals surface area (Å²) in [5.74, 6) is 0.0863. The van der Waals surface area contributed by atoms with Crippen molar-refractivity contribution in [3.8, 4) is 0 Å². The Labute approximate surface area is 164 Å². The summed E-state index contributed by atoms with van der Waals surface area (Å²) in [6.07, 6.45) is 0.418. The van der Waals surface area contributed by atoms with Crippen LogP contribution in [0.1, 0.15) is 11.1 Å². The van der Waals surface area contributed by atoms with E-state index >= 15 is 0 Å². The molecule has 27 heavy (non-hydrogen) atoms. The minimum absolute atomic E-state index is 0.0515. The molecule has 8 heteroatoms. The van der Waals surface area contributed by atoms with E-state index in [1.807, 2.05) is 48.5 Å². The average molecular weight is 410 g/mol. The van der Waals surface area contributed by atoms with Crippen molar-refractivity contribution in [1.29, 1.82) is 0 Å². The minimum Gasteiger partial charge on any atom is -0.468 e. The number of hydrogen-bond acceptors (Lipinski definition) is 5. The molecule has 1 N–H and O–H groups in total. The molecule has 0 aliphatic rings. The molecule has 146 valence electrons. The number of thioether (sulfide) groups is 1. The van der Waals surface area contributed by atoms with E-state index in [1.54, 1.807) is 12.1 Å². The van der Waals surface area contributed by atoms with Crippen LogP contribution in [0.5, 0.6) is 0 Å². The lowest BCUT2D eigenvalue weighted by Gasteiger charge is -2.28. The normalized spacial score (nSPS) is 12.7. The molecular weight excluding hydrogens is 386 g/mol. The Hall–Kier alpha value is -1.87. The topological polar surface area (TPSA) is 83.9 Å². The molecule has 0 aliphatic carbocycles. The highest BCUT2D eigenvalue weighted by Crippen LogP contribution is 2.20. The van der Waals surface area contributed by atoms with E-state index in [0.717, 1.165) is 15.4 Å². The van der Waals surface area contributed by atoms with Gasteiger partial charge in [0.05, 0.1) is 12.9 Å². The maximum absolute atomic E-state index is 12.1. The van der Waals surface area contributed by atoms with Crippen molar-refractivity contribution in [3.63, 3.8) is 0 Å². The highest BCUT2D eigenvalue weighted by Gasteiger charge is 2.29. The number of methoxy groups -OCH3 is 1. The number of carbonyl (C=O) groups excluding carboxylic acids is 1. The maximum Gasteiger partial charge on any atom is 0.336 e. The molecular formula is C19H23NO5S2. The molecule has 0 aromatic heterocycles. The molecule has 0 saturated heterocycles. The van der Waals surface area contributed by atoms with Crippen LogP contribution in [0, 0.1) is 0 Å². The number of esters is 1. The third-order valence-electron chi connectivity index (χ3n) is 3.96. The summed E-state index contributed by atoms with van der Waals surface area (Å²) in [5.41, 5.74) is 1.72. The van der Waals surface area contributed by atoms with Crippen molar-refractivity contribution in [2.45, 2.75) is 19.0 Å². The van der Waals surface area contributed by atoms with Crippen molar-refractivity contribution in [3.05, 3.63) is 71.8 Å². The van der Waals surface area contributed by atoms with E-state index in [-0.39, 0.29) is 18.3 Å². The van der Waals surface area contributed by atoms with E-state index in [9.17, 15) is 17.8 Å². The molecule has 0 heterocycles. The molecule has 6 nitrogen and oxygen atoms in total. The van der Waals surface area contributed by atoms with Gasteiger partial charge in [0.2, 0.25) is 0 Å². The first kappa shape index (κ1) is 21.4. The average Bonchev–Trinajstić information content (AvgIpc) is 2.66. The molecule has 0 bridgehead atoms. The fraction of sp³-hybridized carbons (Fsp3) is 0.316. The zero-order chi connectivity index (χ0) is 19.7. The third kappa shape index (κ3) is 7.34. The van der Waals surface area contributed by atoms with Gasteiger partial charge in [-0.1, -0.05) is 60.7 Å². The van der Waals surface area contributed by atoms with Crippen LogP contribution in [0.4, 0.5) is 0 Å². The third-order valence-corrected chi connectivity index (χ3v) is 6.04. The SMILES string of the molecule is COC(=O)CSC[C@H](Cc1ccccc1)N(Cc1ccccc1)S(=O)(=O)O. The second kappa shape index (κ2) is 10.5. The van der Waals surface area contributed by atoms with Gasteiger partial charge in [-0.3, -0.25) is 9.35 Å². The summed E-state index contributed by atoms with van der Waals surface area (Å²) >= 11 is 1.28. The highest BCUT2D eigenvalue weighted by molar-refractivity contribution is 8.00. The lowest BCUT2D eigenvalue weighted by atomic mass is 10.1. The summed E-state index contributed by atoms with van der Waals surface area (Å²) < 4.78 is 39.8. The predicted octanol–water partition coefficient (Wildman–Crippen LogP) is 2.81. The van der Waals surface area contributed by atoms with E-state index in [4.69, 9.17) is 0 Å². The fourth-order valence-electron chi connectivity index (χ4n) is 2.63. The van der Waals surface area contributed by atoms with Gasteiger partial charge in [0.15, 0.2) is 0 Å². The molecule has 0 amide bonds. The number of carbonyl (C=O) groups is 1. The molecule has 0 spiro atoms. The van der Waals surface area contributed by atoms with E-state index in [1.165, 1.54) is 18.9 Å². The van der Waals surface area contributed by atoms with Gasteiger partial charge < -0.3 is 4.74 Å². The van der Waals surface area contributed by atoms with Crippen molar-refractivity contribution < 1.29 is 22.5 Å². The Morgan fingerprint density at radius 2 is 1.63 bits per heavy atom. The zero-order valence-corrected chi connectivity index (χ0v) is 16.7. The van der Waals surface area contributed by atoms with Gasteiger partial charge in [0, 0.05) is 18.3 Å². The lowest BCUT2D eigenvalue weighted by molar-refractivity contribution is -0.137. The molecule has 2 aromatic carbocycles. The number of rotatable bonds is 10. The Kier molecular flexibility index (Phi) is 8.30. The summed E-state index contributed by atoms with van der Waals surface area (Å²) in [5, 5.41) is 0. The van der Waals surface area contributed by atoms with Crippen LogP contribution >= 0.6 is 11.8 Å². The van der Waals surface area contributed by atoms with Crippen LogP contribution in [0.25, 0.3) is 0 Å². The van der Waals surface area contributed by atoms with Crippen LogP contribution in [0.3, 0.4) is 0 Å². The lowest BCUT2D eigenvalue weighted by Crippen LogP contribution is -2.42. The summed E-state index contributed by atoms with van der Waals surface area (Å²) in [6.45, 7) is 0.0515. The van der Waals surface area contributed by atoms with Gasteiger partial charge >= 0.3 is 16.3 Å². The standard InChI is InChI=1S/C19H23NO5S2/c1-25-19(21)15-26-14-18(12-16-8-4-2-5-9-16)20(27(22,23)24)13-17-10-6-3-7-11-17/h2-11,18H,12-15H2,1H3,(H,22,23,24)/t18-/m0/s1. The van der Waals surface area contributed by atoms with Crippen molar-refractivity contribution in [2.24, 2.45) is 0 Å². The molecule has 1 atom stereocenters. The van der Waals surface area contributed by atoms with Crippen LogP contribution < -0.4 is 0 Å². The van der Waals surface area contributed by atoms with Crippen LogP contribution in [0.15, 0.2) is 60.7 Å². The van der Waals surface area contributed by atoms with Crippen LogP contribution in [-0.4, -0.2) is 47.9 Å².